The fourth-order valence-electron chi connectivity index (χ4n) is 2.54. The van der Waals surface area contributed by atoms with E-state index in [2.05, 4.69) is 17.3 Å². The molecule has 21 heavy (non-hydrogen) atoms. The van der Waals surface area contributed by atoms with E-state index >= 15 is 0 Å². The summed E-state index contributed by atoms with van der Waals surface area (Å²) in [6.07, 6.45) is 3.22. The average Bonchev–Trinajstić information content (AvgIpc) is 2.99. The summed E-state index contributed by atoms with van der Waals surface area (Å²) in [5, 5.41) is 4.53. The summed E-state index contributed by atoms with van der Waals surface area (Å²) in [4.78, 5) is 17.7. The van der Waals surface area contributed by atoms with Gasteiger partial charge in [-0.2, -0.15) is 0 Å². The minimum Gasteiger partial charge on any atom is -0.396 e. The van der Waals surface area contributed by atoms with Crippen LogP contribution >= 0.6 is 23.1 Å². The molecule has 2 heterocycles. The predicted octanol–water partition coefficient (Wildman–Crippen LogP) is 2.12. The molecule has 1 aliphatic rings. The highest BCUT2D eigenvalue weighted by Gasteiger charge is 2.23. The van der Waals surface area contributed by atoms with E-state index in [0.29, 0.717) is 16.5 Å². The van der Waals surface area contributed by atoms with Crippen LogP contribution in [0.2, 0.25) is 0 Å². The van der Waals surface area contributed by atoms with E-state index in [9.17, 15) is 4.79 Å². The molecule has 0 spiro atoms. The van der Waals surface area contributed by atoms with Gasteiger partial charge in [-0.1, -0.05) is 0 Å². The number of nitrogens with one attached hydrogen (secondary N) is 1. The second kappa shape index (κ2) is 6.89. The van der Waals surface area contributed by atoms with E-state index in [0.717, 1.165) is 23.0 Å². The number of hydrogen-bond acceptors (Lipinski definition) is 6. The zero-order chi connectivity index (χ0) is 15.6. The van der Waals surface area contributed by atoms with Gasteiger partial charge in [-0.15, -0.1) is 23.1 Å². The molecule has 1 atom stereocenters. The van der Waals surface area contributed by atoms with Crippen LogP contribution in [0.5, 0.6) is 0 Å². The van der Waals surface area contributed by atoms with Gasteiger partial charge in [-0.05, 0) is 32.2 Å². The maximum Gasteiger partial charge on any atom is 0.265 e. The number of nitrogen functional groups attached to an aromatic ring is 1. The zero-order valence-electron chi connectivity index (χ0n) is 13.1. The monoisotopic (exact) mass is 328 g/mol. The second-order valence-corrected chi connectivity index (χ2v) is 7.54. The Morgan fingerprint density at radius 2 is 2.29 bits per heavy atom. The molecule has 1 amide bonds. The normalized spacial score (nSPS) is 19.0. The van der Waals surface area contributed by atoms with Gasteiger partial charge in [-0.25, -0.2) is 0 Å². The Labute approximate surface area is 134 Å². The SMILES string of the molecule is CSc1c(NCC2CCN(C)C2)sc(C(=O)N(C)C)c1N. The zero-order valence-corrected chi connectivity index (χ0v) is 14.7. The van der Waals surface area contributed by atoms with Crippen molar-refractivity contribution in [1.29, 1.82) is 0 Å². The van der Waals surface area contributed by atoms with Crippen molar-refractivity contribution in [3.05, 3.63) is 4.88 Å². The van der Waals surface area contributed by atoms with Crippen molar-refractivity contribution in [2.45, 2.75) is 11.3 Å². The molecule has 1 fully saturated rings. The Bertz CT molecular complexity index is 515. The van der Waals surface area contributed by atoms with E-state index in [1.54, 1.807) is 30.8 Å². The number of nitrogens with zero attached hydrogens (tertiary/aromatic N) is 2. The van der Waals surface area contributed by atoms with Crippen LogP contribution in [0.4, 0.5) is 10.7 Å². The molecule has 1 unspecified atom stereocenters. The van der Waals surface area contributed by atoms with Crippen LogP contribution in [0.25, 0.3) is 0 Å². The molecule has 0 aromatic carbocycles. The Morgan fingerprint density at radius 1 is 1.57 bits per heavy atom. The highest BCUT2D eigenvalue weighted by Crippen LogP contribution is 2.42. The van der Waals surface area contributed by atoms with Gasteiger partial charge in [-0.3, -0.25) is 4.79 Å². The van der Waals surface area contributed by atoms with Crippen molar-refractivity contribution in [1.82, 2.24) is 9.80 Å². The third kappa shape index (κ3) is 3.64. The number of nitrogens with two attached hydrogens (primary N) is 1. The van der Waals surface area contributed by atoms with Gasteiger partial charge in [0.1, 0.15) is 9.88 Å². The Kier molecular flexibility index (Phi) is 5.40. The molecule has 1 saturated heterocycles. The number of likely N-dealkylation sites (tertiary alicyclic amines) is 1. The van der Waals surface area contributed by atoms with Gasteiger partial charge in [0.15, 0.2) is 0 Å². The van der Waals surface area contributed by atoms with Crippen molar-refractivity contribution in [2.24, 2.45) is 5.92 Å². The van der Waals surface area contributed by atoms with Crippen LogP contribution in [0.15, 0.2) is 4.90 Å². The lowest BCUT2D eigenvalue weighted by Gasteiger charge is -2.12. The summed E-state index contributed by atoms with van der Waals surface area (Å²) in [6, 6.07) is 0. The summed E-state index contributed by atoms with van der Waals surface area (Å²) in [5.41, 5.74) is 6.76. The van der Waals surface area contributed by atoms with Crippen LogP contribution in [0.3, 0.4) is 0 Å². The predicted molar refractivity (Wildman–Crippen MR) is 92.6 cm³/mol. The first kappa shape index (κ1) is 16.5. The second-order valence-electron chi connectivity index (χ2n) is 5.70. The minimum absolute atomic E-state index is 0.0264. The van der Waals surface area contributed by atoms with Gasteiger partial charge < -0.3 is 20.9 Å². The van der Waals surface area contributed by atoms with E-state index in [4.69, 9.17) is 5.73 Å². The molecular formula is C14H24N4OS2. The molecule has 2 rings (SSSR count). The lowest BCUT2D eigenvalue weighted by Crippen LogP contribution is -2.21. The fourth-order valence-corrected chi connectivity index (χ4v) is 4.60. The van der Waals surface area contributed by atoms with Crippen molar-refractivity contribution in [3.63, 3.8) is 0 Å². The summed E-state index contributed by atoms with van der Waals surface area (Å²) in [5.74, 6) is 0.641. The highest BCUT2D eigenvalue weighted by atomic mass is 32.2. The standard InChI is InChI=1S/C14H24N4OS2/c1-17(2)14(19)12-10(15)11(20-4)13(21-12)16-7-9-5-6-18(3)8-9/h9,16H,5-8,15H2,1-4H3. The van der Waals surface area contributed by atoms with Crippen molar-refractivity contribution < 1.29 is 4.79 Å². The van der Waals surface area contributed by atoms with Gasteiger partial charge >= 0.3 is 0 Å². The van der Waals surface area contributed by atoms with Gasteiger partial charge in [0, 0.05) is 27.2 Å². The Morgan fingerprint density at radius 3 is 2.81 bits per heavy atom. The first-order valence-corrected chi connectivity index (χ1v) is 9.08. The minimum atomic E-state index is -0.0264. The summed E-state index contributed by atoms with van der Waals surface area (Å²) in [7, 11) is 5.66. The van der Waals surface area contributed by atoms with Crippen molar-refractivity contribution in [3.8, 4) is 0 Å². The van der Waals surface area contributed by atoms with Crippen LogP contribution in [-0.4, -0.2) is 62.7 Å². The third-order valence-electron chi connectivity index (χ3n) is 3.74. The Hall–Kier alpha value is -0.920. The number of rotatable bonds is 5. The van der Waals surface area contributed by atoms with Crippen LogP contribution in [0, 0.1) is 5.92 Å². The molecular weight excluding hydrogens is 304 g/mol. The van der Waals surface area contributed by atoms with Crippen molar-refractivity contribution >= 4 is 39.7 Å². The molecule has 3 N–H and O–H groups in total. The third-order valence-corrected chi connectivity index (χ3v) is 5.86. The number of carbonyl (C=O) groups excluding carboxylic acids is 1. The number of carbonyl (C=O) groups is 1. The largest absolute Gasteiger partial charge is 0.396 e. The topological polar surface area (TPSA) is 61.6 Å². The number of thiophene rings is 1. The first-order chi connectivity index (χ1) is 9.93. The molecule has 5 nitrogen and oxygen atoms in total. The van der Waals surface area contributed by atoms with E-state index in [-0.39, 0.29) is 5.91 Å². The number of thioether (sulfide) groups is 1. The Balaban J connectivity index is 2.11. The molecule has 1 aromatic heterocycles. The quantitative estimate of drug-likeness (QED) is 0.811. The fraction of sp³-hybridized carbons (Fsp3) is 0.643. The average molecular weight is 329 g/mol. The van der Waals surface area contributed by atoms with E-state index in [1.807, 2.05) is 6.26 Å². The summed E-state index contributed by atoms with van der Waals surface area (Å²) >= 11 is 3.07. The van der Waals surface area contributed by atoms with Crippen LogP contribution in [0.1, 0.15) is 16.1 Å². The van der Waals surface area contributed by atoms with Gasteiger partial charge in [0.25, 0.3) is 5.91 Å². The van der Waals surface area contributed by atoms with E-state index < -0.39 is 0 Å². The maximum absolute atomic E-state index is 12.2. The molecule has 7 heteroatoms. The maximum atomic E-state index is 12.2. The van der Waals surface area contributed by atoms with Crippen molar-refractivity contribution in [2.75, 3.05) is 58.1 Å². The van der Waals surface area contributed by atoms with Gasteiger partial charge in [0.05, 0.1) is 10.6 Å². The van der Waals surface area contributed by atoms with Crippen LogP contribution in [-0.2, 0) is 0 Å². The number of anilines is 2. The van der Waals surface area contributed by atoms with Gasteiger partial charge in [0.2, 0.25) is 0 Å². The number of amides is 1. The molecule has 0 radical (unpaired) electrons. The molecule has 1 aromatic rings. The van der Waals surface area contributed by atoms with E-state index in [1.165, 1.54) is 24.3 Å². The lowest BCUT2D eigenvalue weighted by atomic mass is 10.1. The summed E-state index contributed by atoms with van der Waals surface area (Å²) in [6.45, 7) is 3.23. The van der Waals surface area contributed by atoms with Crippen LogP contribution < -0.4 is 11.1 Å². The molecule has 0 saturated carbocycles. The number of hydrogen-bond donors (Lipinski definition) is 2. The summed E-state index contributed by atoms with van der Waals surface area (Å²) < 4.78 is 0. The molecule has 0 bridgehead atoms. The lowest BCUT2D eigenvalue weighted by molar-refractivity contribution is 0.0833. The molecule has 0 aliphatic carbocycles. The highest BCUT2D eigenvalue weighted by molar-refractivity contribution is 7.99. The molecule has 118 valence electrons. The smallest absolute Gasteiger partial charge is 0.265 e. The molecule has 1 aliphatic heterocycles. The first-order valence-electron chi connectivity index (χ1n) is 7.04.